The topological polar surface area (TPSA) is 62.6 Å². The summed E-state index contributed by atoms with van der Waals surface area (Å²) in [5.41, 5.74) is 2.62. The van der Waals surface area contributed by atoms with Crippen molar-refractivity contribution in [1.82, 2.24) is 19.6 Å². The first-order valence-corrected chi connectivity index (χ1v) is 8.64. The van der Waals surface area contributed by atoms with Gasteiger partial charge in [-0.05, 0) is 26.8 Å². The molecule has 136 valence electrons. The lowest BCUT2D eigenvalue weighted by atomic mass is 10.0. The van der Waals surface area contributed by atoms with Gasteiger partial charge < -0.3 is 19.9 Å². The van der Waals surface area contributed by atoms with Crippen LogP contribution in [0.25, 0.3) is 0 Å². The van der Waals surface area contributed by atoms with Crippen LogP contribution in [-0.2, 0) is 11.3 Å². The highest BCUT2D eigenvalue weighted by atomic mass is 16.5. The molecular weight excluding hydrogens is 306 g/mol. The van der Waals surface area contributed by atoms with Gasteiger partial charge in [0, 0.05) is 32.8 Å². The van der Waals surface area contributed by atoms with Crippen LogP contribution in [0.1, 0.15) is 25.2 Å². The molecule has 7 heteroatoms. The number of anilines is 1. The van der Waals surface area contributed by atoms with E-state index in [1.165, 1.54) is 0 Å². The molecule has 2 heterocycles. The van der Waals surface area contributed by atoms with Crippen molar-refractivity contribution in [3.8, 4) is 0 Å². The van der Waals surface area contributed by atoms with Crippen LogP contribution in [0.3, 0.4) is 0 Å². The number of amides is 2. The molecule has 2 rings (SSSR count). The predicted molar refractivity (Wildman–Crippen MR) is 95.4 cm³/mol. The molecule has 1 aliphatic rings. The van der Waals surface area contributed by atoms with E-state index in [1.54, 1.807) is 7.11 Å². The number of urea groups is 1. The number of carbonyl (C=O) groups excluding carboxylic acids is 1. The lowest BCUT2D eigenvalue weighted by Crippen LogP contribution is -2.57. The van der Waals surface area contributed by atoms with Crippen molar-refractivity contribution < 1.29 is 9.53 Å². The summed E-state index contributed by atoms with van der Waals surface area (Å²) in [5.74, 6) is 0.421. The number of ether oxygens (including phenoxy) is 1. The van der Waals surface area contributed by atoms with Gasteiger partial charge in [0.1, 0.15) is 0 Å². The van der Waals surface area contributed by atoms with Crippen LogP contribution in [-0.4, -0.2) is 72.1 Å². The maximum atomic E-state index is 12.9. The monoisotopic (exact) mass is 337 g/mol. The summed E-state index contributed by atoms with van der Waals surface area (Å²) in [4.78, 5) is 17.1. The summed E-state index contributed by atoms with van der Waals surface area (Å²) in [5, 5.41) is 7.60. The summed E-state index contributed by atoms with van der Waals surface area (Å²) in [6, 6.07) is 0.201. The summed E-state index contributed by atoms with van der Waals surface area (Å²) < 4.78 is 7.00. The Balaban J connectivity index is 2.12. The van der Waals surface area contributed by atoms with E-state index in [4.69, 9.17) is 4.74 Å². The van der Waals surface area contributed by atoms with E-state index in [2.05, 4.69) is 36.2 Å². The quantitative estimate of drug-likeness (QED) is 0.892. The summed E-state index contributed by atoms with van der Waals surface area (Å²) >= 11 is 0. The largest absolute Gasteiger partial charge is 0.383 e. The molecule has 1 aromatic heterocycles. The van der Waals surface area contributed by atoms with Crippen LogP contribution in [0, 0.1) is 19.8 Å². The maximum Gasteiger partial charge on any atom is 0.322 e. The first kappa shape index (κ1) is 18.7. The fourth-order valence-electron chi connectivity index (χ4n) is 3.23. The van der Waals surface area contributed by atoms with Gasteiger partial charge in [0.2, 0.25) is 0 Å². The Labute approximate surface area is 144 Å². The maximum absolute atomic E-state index is 12.9. The van der Waals surface area contributed by atoms with E-state index in [0.29, 0.717) is 19.1 Å². The minimum Gasteiger partial charge on any atom is -0.383 e. The van der Waals surface area contributed by atoms with Gasteiger partial charge in [0.15, 0.2) is 0 Å². The number of aromatic nitrogens is 2. The molecule has 1 aromatic rings. The zero-order valence-corrected chi connectivity index (χ0v) is 15.8. The molecule has 0 saturated carbocycles. The predicted octanol–water partition coefficient (Wildman–Crippen LogP) is 1.95. The van der Waals surface area contributed by atoms with E-state index in [0.717, 1.165) is 36.7 Å². The second-order valence-electron chi connectivity index (χ2n) is 6.96. The number of likely N-dealkylation sites (N-methyl/N-ethyl adjacent to an activating group) is 1. The number of aryl methyl sites for hydroxylation is 1. The van der Waals surface area contributed by atoms with E-state index in [1.807, 2.05) is 23.4 Å². The SMILES string of the molecule is COCCn1nc(C)c(NC(=O)N2CCN(C)CC2C(C)C)c1C. The number of methoxy groups -OCH3 is 1. The smallest absolute Gasteiger partial charge is 0.322 e. The molecule has 1 saturated heterocycles. The van der Waals surface area contributed by atoms with Gasteiger partial charge in [-0.1, -0.05) is 13.8 Å². The van der Waals surface area contributed by atoms with Gasteiger partial charge in [-0.25, -0.2) is 4.79 Å². The summed E-state index contributed by atoms with van der Waals surface area (Å²) in [6.07, 6.45) is 0. The van der Waals surface area contributed by atoms with Crippen molar-refractivity contribution in [2.45, 2.75) is 40.3 Å². The fraction of sp³-hybridized carbons (Fsp3) is 0.765. The van der Waals surface area contributed by atoms with Crippen LogP contribution < -0.4 is 5.32 Å². The van der Waals surface area contributed by atoms with Crippen LogP contribution in [0.15, 0.2) is 0 Å². The van der Waals surface area contributed by atoms with Crippen LogP contribution in [0.4, 0.5) is 10.5 Å². The van der Waals surface area contributed by atoms with E-state index < -0.39 is 0 Å². The van der Waals surface area contributed by atoms with Gasteiger partial charge in [-0.15, -0.1) is 0 Å². The molecule has 2 amide bonds. The summed E-state index contributed by atoms with van der Waals surface area (Å²) in [6.45, 7) is 12.1. The van der Waals surface area contributed by atoms with Crippen molar-refractivity contribution in [2.75, 3.05) is 45.7 Å². The molecule has 1 atom stereocenters. The molecule has 1 fully saturated rings. The Bertz CT molecular complexity index is 570. The first-order valence-electron chi connectivity index (χ1n) is 8.64. The zero-order valence-electron chi connectivity index (χ0n) is 15.8. The third kappa shape index (κ3) is 4.08. The lowest BCUT2D eigenvalue weighted by Gasteiger charge is -2.42. The highest BCUT2D eigenvalue weighted by Gasteiger charge is 2.31. The standard InChI is InChI=1S/C17H31N5O2/c1-12(2)15-11-20(5)7-8-21(15)17(23)18-16-13(3)19-22(14(16)4)9-10-24-6/h12,15H,7-11H2,1-6H3,(H,18,23). The van der Waals surface area contributed by atoms with Gasteiger partial charge in [0.05, 0.1) is 30.2 Å². The molecule has 0 bridgehead atoms. The highest BCUT2D eigenvalue weighted by molar-refractivity contribution is 5.91. The lowest BCUT2D eigenvalue weighted by molar-refractivity contribution is 0.0922. The Hall–Kier alpha value is -1.60. The average molecular weight is 337 g/mol. The Morgan fingerprint density at radius 2 is 2.08 bits per heavy atom. The Morgan fingerprint density at radius 3 is 2.71 bits per heavy atom. The minimum atomic E-state index is -0.0284. The van der Waals surface area contributed by atoms with Gasteiger partial charge in [0.25, 0.3) is 0 Å². The molecule has 0 aromatic carbocycles. The molecule has 24 heavy (non-hydrogen) atoms. The molecule has 7 nitrogen and oxygen atoms in total. The van der Waals surface area contributed by atoms with Crippen molar-refractivity contribution >= 4 is 11.7 Å². The number of nitrogens with one attached hydrogen (secondary N) is 1. The van der Waals surface area contributed by atoms with E-state index in [-0.39, 0.29) is 12.1 Å². The van der Waals surface area contributed by atoms with Gasteiger partial charge >= 0.3 is 6.03 Å². The Kier molecular flexibility index (Phi) is 6.23. The second kappa shape index (κ2) is 7.98. The molecule has 0 aliphatic carbocycles. The number of carbonyl (C=O) groups is 1. The molecule has 0 spiro atoms. The van der Waals surface area contributed by atoms with Crippen molar-refractivity contribution in [3.05, 3.63) is 11.4 Å². The molecular formula is C17H31N5O2. The normalized spacial score (nSPS) is 19.1. The van der Waals surface area contributed by atoms with E-state index in [9.17, 15) is 4.79 Å². The fourth-order valence-corrected chi connectivity index (χ4v) is 3.23. The first-order chi connectivity index (χ1) is 11.3. The molecule has 1 aliphatic heterocycles. The highest BCUT2D eigenvalue weighted by Crippen LogP contribution is 2.22. The molecule has 0 radical (unpaired) electrons. The average Bonchev–Trinajstić information content (AvgIpc) is 2.80. The van der Waals surface area contributed by atoms with Crippen molar-refractivity contribution in [3.63, 3.8) is 0 Å². The molecule has 1 unspecified atom stereocenters. The van der Waals surface area contributed by atoms with E-state index >= 15 is 0 Å². The van der Waals surface area contributed by atoms with Crippen LogP contribution >= 0.6 is 0 Å². The Morgan fingerprint density at radius 1 is 1.38 bits per heavy atom. The van der Waals surface area contributed by atoms with Crippen molar-refractivity contribution in [1.29, 1.82) is 0 Å². The number of piperazine rings is 1. The number of hydrogen-bond acceptors (Lipinski definition) is 4. The third-order valence-electron chi connectivity index (χ3n) is 4.77. The second-order valence-corrected chi connectivity index (χ2v) is 6.96. The number of hydrogen-bond donors (Lipinski definition) is 1. The number of rotatable bonds is 5. The summed E-state index contributed by atoms with van der Waals surface area (Å²) in [7, 11) is 3.78. The van der Waals surface area contributed by atoms with Gasteiger partial charge in [-0.2, -0.15) is 5.10 Å². The van der Waals surface area contributed by atoms with Crippen LogP contribution in [0.2, 0.25) is 0 Å². The number of nitrogens with zero attached hydrogens (tertiary/aromatic N) is 4. The zero-order chi connectivity index (χ0) is 17.9. The van der Waals surface area contributed by atoms with Crippen molar-refractivity contribution in [2.24, 2.45) is 5.92 Å². The third-order valence-corrected chi connectivity index (χ3v) is 4.77. The molecule has 1 N–H and O–H groups in total. The minimum absolute atomic E-state index is 0.0284. The van der Waals surface area contributed by atoms with Crippen LogP contribution in [0.5, 0.6) is 0 Å². The van der Waals surface area contributed by atoms with Gasteiger partial charge in [-0.3, -0.25) is 4.68 Å².